The first-order valence-electron chi connectivity index (χ1n) is 4.98. The Hall–Kier alpha value is -0.890. The average Bonchev–Trinajstić information content (AvgIpc) is 2.19. The van der Waals surface area contributed by atoms with Gasteiger partial charge in [0, 0.05) is 0 Å². The van der Waals surface area contributed by atoms with Crippen molar-refractivity contribution >= 4 is 6.16 Å². The normalized spacial score (nSPS) is 10.9. The molecule has 0 aromatic heterocycles. The zero-order valence-corrected chi connectivity index (χ0v) is 9.93. The van der Waals surface area contributed by atoms with Crippen LogP contribution in [0.25, 0.3) is 0 Å². The first kappa shape index (κ1) is 15.1. The lowest BCUT2D eigenvalue weighted by molar-refractivity contribution is -0.529. The molecular formula is C9H18O7. The quantitative estimate of drug-likeness (QED) is 0.364. The fourth-order valence-corrected chi connectivity index (χ4v) is 0.445. The zero-order valence-electron chi connectivity index (χ0n) is 9.93. The summed E-state index contributed by atoms with van der Waals surface area (Å²) in [6.45, 7) is 8.21. The van der Waals surface area contributed by atoms with Gasteiger partial charge < -0.3 is 0 Å². The fourth-order valence-electron chi connectivity index (χ4n) is 0.445. The van der Waals surface area contributed by atoms with Crippen LogP contribution in [-0.2, 0) is 29.6 Å². The maximum Gasteiger partial charge on any atom is 0.577 e. The van der Waals surface area contributed by atoms with Crippen LogP contribution in [0.1, 0.15) is 27.7 Å². The lowest BCUT2D eigenvalue weighted by atomic mass is 10.2. The third kappa shape index (κ3) is 11.2. The van der Waals surface area contributed by atoms with Gasteiger partial charge in [-0.25, -0.2) is 9.78 Å². The van der Waals surface area contributed by atoms with Crippen LogP contribution >= 0.6 is 0 Å². The van der Waals surface area contributed by atoms with Crippen LogP contribution in [-0.4, -0.2) is 19.4 Å². The summed E-state index contributed by atoms with van der Waals surface area (Å²) in [6.07, 6.45) is -1.22. The highest BCUT2D eigenvalue weighted by Gasteiger charge is 2.08. The number of rotatable bonds is 8. The van der Waals surface area contributed by atoms with Crippen LogP contribution in [0, 0.1) is 11.8 Å². The molecule has 0 aliphatic carbocycles. The van der Waals surface area contributed by atoms with E-state index in [0.29, 0.717) is 0 Å². The van der Waals surface area contributed by atoms with Gasteiger partial charge in [-0.15, -0.1) is 0 Å². The Bertz CT molecular complexity index is 163. The zero-order chi connectivity index (χ0) is 12.4. The van der Waals surface area contributed by atoms with Crippen molar-refractivity contribution in [1.82, 2.24) is 0 Å². The summed E-state index contributed by atoms with van der Waals surface area (Å²) < 4.78 is 0. The van der Waals surface area contributed by atoms with E-state index in [0.717, 1.165) is 0 Å². The van der Waals surface area contributed by atoms with E-state index >= 15 is 0 Å². The molecule has 7 heteroatoms. The van der Waals surface area contributed by atoms with Crippen LogP contribution in [0.5, 0.6) is 0 Å². The highest BCUT2D eigenvalue weighted by atomic mass is 17.6. The van der Waals surface area contributed by atoms with Crippen molar-refractivity contribution < 1.29 is 34.4 Å². The Morgan fingerprint density at radius 1 is 0.875 bits per heavy atom. The summed E-state index contributed by atoms with van der Waals surface area (Å²) in [5.41, 5.74) is 0. The van der Waals surface area contributed by atoms with E-state index < -0.39 is 6.16 Å². The minimum atomic E-state index is -1.22. The van der Waals surface area contributed by atoms with Gasteiger partial charge in [0.15, 0.2) is 0 Å². The first-order chi connectivity index (χ1) is 7.52. The van der Waals surface area contributed by atoms with Gasteiger partial charge in [0.1, 0.15) is 0 Å². The maximum atomic E-state index is 10.7. The van der Waals surface area contributed by atoms with Crippen LogP contribution in [0.15, 0.2) is 0 Å². The second-order valence-electron chi connectivity index (χ2n) is 3.91. The molecule has 0 amide bonds. The van der Waals surface area contributed by atoms with Crippen molar-refractivity contribution in [2.75, 3.05) is 13.2 Å². The van der Waals surface area contributed by atoms with Gasteiger partial charge in [-0.1, -0.05) is 27.7 Å². The number of hydrogen-bond donors (Lipinski definition) is 0. The molecule has 96 valence electrons. The molecular weight excluding hydrogens is 220 g/mol. The molecule has 7 nitrogen and oxygen atoms in total. The van der Waals surface area contributed by atoms with Crippen molar-refractivity contribution in [3.63, 3.8) is 0 Å². The van der Waals surface area contributed by atoms with Gasteiger partial charge in [-0.05, 0) is 21.9 Å². The van der Waals surface area contributed by atoms with Gasteiger partial charge in [0.05, 0.1) is 13.2 Å². The minimum absolute atomic E-state index is 0.255. The van der Waals surface area contributed by atoms with Gasteiger partial charge in [0.2, 0.25) is 0 Å². The third-order valence-electron chi connectivity index (χ3n) is 1.10. The average molecular weight is 238 g/mol. The smallest absolute Gasteiger partial charge is 0.226 e. The summed E-state index contributed by atoms with van der Waals surface area (Å²) in [7, 11) is 0. The summed E-state index contributed by atoms with van der Waals surface area (Å²) in [5.74, 6) is 0.510. The highest BCUT2D eigenvalue weighted by Crippen LogP contribution is 1.97. The van der Waals surface area contributed by atoms with Gasteiger partial charge >= 0.3 is 6.16 Å². The largest absolute Gasteiger partial charge is 0.577 e. The van der Waals surface area contributed by atoms with Crippen molar-refractivity contribution in [1.29, 1.82) is 0 Å². The Kier molecular flexibility index (Phi) is 8.82. The lowest BCUT2D eigenvalue weighted by Crippen LogP contribution is -2.12. The molecule has 0 atom stereocenters. The van der Waals surface area contributed by atoms with Crippen molar-refractivity contribution in [3.8, 4) is 0 Å². The van der Waals surface area contributed by atoms with Crippen LogP contribution in [0.4, 0.5) is 4.79 Å². The highest BCUT2D eigenvalue weighted by molar-refractivity contribution is 5.57. The molecule has 0 rings (SSSR count). The van der Waals surface area contributed by atoms with Gasteiger partial charge in [-0.2, -0.15) is 14.6 Å². The summed E-state index contributed by atoms with van der Waals surface area (Å²) >= 11 is 0. The van der Waals surface area contributed by atoms with E-state index in [1.165, 1.54) is 0 Å². The van der Waals surface area contributed by atoms with E-state index in [1.54, 1.807) is 0 Å². The second kappa shape index (κ2) is 9.34. The number of carbonyl (C=O) groups excluding carboxylic acids is 1. The Morgan fingerprint density at radius 3 is 1.56 bits per heavy atom. The molecule has 0 bridgehead atoms. The molecule has 16 heavy (non-hydrogen) atoms. The van der Waals surface area contributed by atoms with Crippen molar-refractivity contribution in [2.24, 2.45) is 11.8 Å². The monoisotopic (exact) mass is 238 g/mol. The Balaban J connectivity index is 3.25. The molecule has 0 unspecified atom stereocenters. The van der Waals surface area contributed by atoms with Crippen LogP contribution in [0.3, 0.4) is 0 Å². The van der Waals surface area contributed by atoms with E-state index in [9.17, 15) is 4.79 Å². The molecule has 0 aromatic carbocycles. The molecule has 0 aliphatic rings. The molecule has 0 saturated heterocycles. The molecule has 0 radical (unpaired) electrons. The Morgan fingerprint density at radius 2 is 1.25 bits per heavy atom. The summed E-state index contributed by atoms with van der Waals surface area (Å²) in [5, 5.41) is 8.15. The third-order valence-corrected chi connectivity index (χ3v) is 1.10. The van der Waals surface area contributed by atoms with Crippen LogP contribution in [0.2, 0.25) is 0 Å². The first-order valence-corrected chi connectivity index (χ1v) is 4.98. The minimum Gasteiger partial charge on any atom is -0.226 e. The maximum absolute atomic E-state index is 10.7. The summed E-state index contributed by atoms with van der Waals surface area (Å²) in [4.78, 5) is 27.7. The fraction of sp³-hybridized carbons (Fsp3) is 0.889. The SMILES string of the molecule is CC(C)COOOC(=O)OOOCC(C)C. The predicted molar refractivity (Wildman–Crippen MR) is 51.3 cm³/mol. The van der Waals surface area contributed by atoms with E-state index in [1.807, 2.05) is 27.7 Å². The van der Waals surface area contributed by atoms with E-state index in [2.05, 4.69) is 29.6 Å². The standard InChI is InChI=1S/C9H18O7/c1-7(2)5-11-15-13-9(10)14-16-12-6-8(3)4/h7-8H,5-6H2,1-4H3. The molecule has 0 saturated carbocycles. The van der Waals surface area contributed by atoms with Crippen LogP contribution < -0.4 is 0 Å². The second-order valence-corrected chi connectivity index (χ2v) is 3.91. The number of hydrogen-bond acceptors (Lipinski definition) is 7. The molecule has 0 heterocycles. The molecule has 0 fully saturated rings. The Labute approximate surface area is 94.2 Å². The van der Waals surface area contributed by atoms with E-state index in [-0.39, 0.29) is 25.0 Å². The molecule has 0 spiro atoms. The molecule has 0 aromatic rings. The predicted octanol–water partition coefficient (Wildman–Crippen LogP) is 2.18. The van der Waals surface area contributed by atoms with Gasteiger partial charge in [0.25, 0.3) is 0 Å². The molecule has 0 aliphatic heterocycles. The van der Waals surface area contributed by atoms with Gasteiger partial charge in [-0.3, -0.25) is 0 Å². The van der Waals surface area contributed by atoms with Crippen molar-refractivity contribution in [3.05, 3.63) is 0 Å². The van der Waals surface area contributed by atoms with E-state index in [4.69, 9.17) is 0 Å². The topological polar surface area (TPSA) is 72.5 Å². The lowest BCUT2D eigenvalue weighted by Gasteiger charge is -2.05. The number of carbonyl (C=O) groups is 1. The van der Waals surface area contributed by atoms with Crippen molar-refractivity contribution in [2.45, 2.75) is 27.7 Å². The molecule has 0 N–H and O–H groups in total. The summed E-state index contributed by atoms with van der Waals surface area (Å²) in [6, 6.07) is 0.